The highest BCUT2D eigenvalue weighted by Gasteiger charge is 2.03. The van der Waals surface area contributed by atoms with E-state index in [0.29, 0.717) is 17.8 Å². The molecule has 0 spiro atoms. The Bertz CT molecular complexity index is 449. The van der Waals surface area contributed by atoms with Gasteiger partial charge >= 0.3 is 6.03 Å². The summed E-state index contributed by atoms with van der Waals surface area (Å²) in [4.78, 5) is 13.9. The van der Waals surface area contributed by atoms with Crippen LogP contribution in [0.4, 0.5) is 10.5 Å². The molecule has 0 bridgehead atoms. The highest BCUT2D eigenvalue weighted by Crippen LogP contribution is 2.09. The van der Waals surface area contributed by atoms with Crippen LogP contribution in [0.15, 0.2) is 24.3 Å². The van der Waals surface area contributed by atoms with Gasteiger partial charge in [0.25, 0.3) is 0 Å². The van der Waals surface area contributed by atoms with Crippen LogP contribution in [0.3, 0.4) is 0 Å². The highest BCUT2D eigenvalue weighted by molar-refractivity contribution is 5.89. The third-order valence-electron chi connectivity index (χ3n) is 2.86. The fourth-order valence-electron chi connectivity index (χ4n) is 1.71. The van der Waals surface area contributed by atoms with E-state index in [2.05, 4.69) is 29.4 Å². The van der Waals surface area contributed by atoms with E-state index in [9.17, 15) is 4.79 Å². The summed E-state index contributed by atoms with van der Waals surface area (Å²) in [6.07, 6.45) is 0. The number of likely N-dealkylation sites (N-methyl/N-ethyl adjacent to an activating group) is 1. The quantitative estimate of drug-likeness (QED) is 0.822. The first-order valence-electron chi connectivity index (χ1n) is 6.47. The number of nitriles is 1. The molecule has 2 amide bonds. The van der Waals surface area contributed by atoms with Crippen molar-refractivity contribution in [3.8, 4) is 6.07 Å². The molecule has 0 atom stereocenters. The fourth-order valence-corrected chi connectivity index (χ4v) is 1.71. The Kier molecular flexibility index (Phi) is 6.41. The summed E-state index contributed by atoms with van der Waals surface area (Å²) < 4.78 is 0. The van der Waals surface area contributed by atoms with Gasteiger partial charge in [0, 0.05) is 18.8 Å². The molecule has 5 nitrogen and oxygen atoms in total. The second-order valence-corrected chi connectivity index (χ2v) is 4.10. The van der Waals surface area contributed by atoms with Gasteiger partial charge in [-0.1, -0.05) is 19.9 Å². The zero-order valence-electron chi connectivity index (χ0n) is 11.4. The molecule has 1 aromatic rings. The average Bonchev–Trinajstić information content (AvgIpc) is 2.44. The fraction of sp³-hybridized carbons (Fsp3) is 0.429. The molecule has 102 valence electrons. The molecule has 0 saturated carbocycles. The summed E-state index contributed by atoms with van der Waals surface area (Å²) in [7, 11) is 0. The van der Waals surface area contributed by atoms with Crippen LogP contribution >= 0.6 is 0 Å². The number of carbonyl (C=O) groups is 1. The molecule has 19 heavy (non-hydrogen) atoms. The standard InChI is InChI=1S/C14H20N4O/c1-3-18(4-2)9-8-16-14(19)17-13-7-5-6-12(10-13)11-15/h5-7,10H,3-4,8-9H2,1-2H3,(H2,16,17,19). The molecule has 0 unspecified atom stereocenters. The van der Waals surface area contributed by atoms with E-state index >= 15 is 0 Å². The number of benzene rings is 1. The number of hydrogen-bond acceptors (Lipinski definition) is 3. The molecule has 5 heteroatoms. The van der Waals surface area contributed by atoms with Gasteiger partial charge in [-0.15, -0.1) is 0 Å². The molecule has 0 aromatic heterocycles. The van der Waals surface area contributed by atoms with Crippen molar-refractivity contribution in [3.63, 3.8) is 0 Å². The molecule has 0 aliphatic rings. The molecular formula is C14H20N4O. The Balaban J connectivity index is 2.37. The Morgan fingerprint density at radius 1 is 1.37 bits per heavy atom. The summed E-state index contributed by atoms with van der Waals surface area (Å²) in [6.45, 7) is 7.58. The second kappa shape index (κ2) is 8.11. The van der Waals surface area contributed by atoms with Gasteiger partial charge < -0.3 is 15.5 Å². The first-order valence-corrected chi connectivity index (χ1v) is 6.47. The zero-order valence-corrected chi connectivity index (χ0v) is 11.4. The number of urea groups is 1. The van der Waals surface area contributed by atoms with Crippen molar-refractivity contribution < 1.29 is 4.79 Å². The normalized spacial score (nSPS) is 10.0. The highest BCUT2D eigenvalue weighted by atomic mass is 16.2. The van der Waals surface area contributed by atoms with Crippen LogP contribution in [0.1, 0.15) is 19.4 Å². The molecule has 0 saturated heterocycles. The van der Waals surface area contributed by atoms with Gasteiger partial charge in [-0.25, -0.2) is 4.79 Å². The lowest BCUT2D eigenvalue weighted by molar-refractivity contribution is 0.248. The van der Waals surface area contributed by atoms with Gasteiger partial charge in [-0.2, -0.15) is 5.26 Å². The van der Waals surface area contributed by atoms with Gasteiger partial charge in [0.1, 0.15) is 0 Å². The number of anilines is 1. The molecule has 0 radical (unpaired) electrons. The third-order valence-corrected chi connectivity index (χ3v) is 2.86. The Morgan fingerprint density at radius 2 is 2.11 bits per heavy atom. The minimum atomic E-state index is -0.248. The summed E-state index contributed by atoms with van der Waals surface area (Å²) in [5, 5.41) is 14.3. The number of amides is 2. The second-order valence-electron chi connectivity index (χ2n) is 4.10. The van der Waals surface area contributed by atoms with E-state index in [1.54, 1.807) is 24.3 Å². The van der Waals surface area contributed by atoms with E-state index in [-0.39, 0.29) is 6.03 Å². The van der Waals surface area contributed by atoms with Crippen LogP contribution in [0.25, 0.3) is 0 Å². The van der Waals surface area contributed by atoms with Crippen molar-refractivity contribution in [2.45, 2.75) is 13.8 Å². The zero-order chi connectivity index (χ0) is 14.1. The van der Waals surface area contributed by atoms with Gasteiger partial charge in [-0.3, -0.25) is 0 Å². The maximum absolute atomic E-state index is 11.6. The molecule has 0 fully saturated rings. The van der Waals surface area contributed by atoms with Crippen LogP contribution in [0.2, 0.25) is 0 Å². The van der Waals surface area contributed by atoms with Gasteiger partial charge in [0.15, 0.2) is 0 Å². The number of rotatable bonds is 6. The maximum Gasteiger partial charge on any atom is 0.319 e. The van der Waals surface area contributed by atoms with Crippen LogP contribution < -0.4 is 10.6 Å². The van der Waals surface area contributed by atoms with E-state index in [4.69, 9.17) is 5.26 Å². The predicted molar refractivity (Wildman–Crippen MR) is 76.0 cm³/mol. The maximum atomic E-state index is 11.6. The third kappa shape index (κ3) is 5.40. The Labute approximate surface area is 114 Å². The molecule has 2 N–H and O–H groups in total. The molecular weight excluding hydrogens is 240 g/mol. The monoisotopic (exact) mass is 260 g/mol. The smallest absolute Gasteiger partial charge is 0.319 e. The first kappa shape index (κ1) is 15.0. The van der Waals surface area contributed by atoms with Gasteiger partial charge in [0.05, 0.1) is 11.6 Å². The van der Waals surface area contributed by atoms with Crippen molar-refractivity contribution in [1.29, 1.82) is 5.26 Å². The number of carbonyl (C=O) groups excluding carboxylic acids is 1. The van der Waals surface area contributed by atoms with E-state index in [1.807, 2.05) is 6.07 Å². The molecule has 0 aliphatic heterocycles. The van der Waals surface area contributed by atoms with E-state index in [1.165, 1.54) is 0 Å². The van der Waals surface area contributed by atoms with Crippen LogP contribution in [-0.4, -0.2) is 37.1 Å². The molecule has 1 aromatic carbocycles. The molecule has 0 heterocycles. The number of hydrogen-bond donors (Lipinski definition) is 2. The summed E-state index contributed by atoms with van der Waals surface area (Å²) in [6, 6.07) is 8.62. The largest absolute Gasteiger partial charge is 0.337 e. The van der Waals surface area contributed by atoms with Crippen LogP contribution in [0.5, 0.6) is 0 Å². The summed E-state index contributed by atoms with van der Waals surface area (Å²) in [5.41, 5.74) is 1.15. The van der Waals surface area contributed by atoms with E-state index in [0.717, 1.165) is 19.6 Å². The van der Waals surface area contributed by atoms with Gasteiger partial charge in [-0.05, 0) is 31.3 Å². The minimum Gasteiger partial charge on any atom is -0.337 e. The van der Waals surface area contributed by atoms with E-state index < -0.39 is 0 Å². The summed E-state index contributed by atoms with van der Waals surface area (Å²) >= 11 is 0. The lowest BCUT2D eigenvalue weighted by atomic mass is 10.2. The lowest BCUT2D eigenvalue weighted by Gasteiger charge is -2.18. The van der Waals surface area contributed by atoms with Crippen LogP contribution in [0, 0.1) is 11.3 Å². The number of nitrogens with zero attached hydrogens (tertiary/aromatic N) is 2. The van der Waals surface area contributed by atoms with Crippen molar-refractivity contribution in [3.05, 3.63) is 29.8 Å². The number of nitrogens with one attached hydrogen (secondary N) is 2. The topological polar surface area (TPSA) is 68.2 Å². The van der Waals surface area contributed by atoms with Crippen molar-refractivity contribution in [2.24, 2.45) is 0 Å². The van der Waals surface area contributed by atoms with Crippen molar-refractivity contribution >= 4 is 11.7 Å². The molecule has 0 aliphatic carbocycles. The molecule has 1 rings (SSSR count). The SMILES string of the molecule is CCN(CC)CCNC(=O)Nc1cccc(C#N)c1. The van der Waals surface area contributed by atoms with Crippen LogP contribution in [-0.2, 0) is 0 Å². The predicted octanol–water partition coefficient (Wildman–Crippen LogP) is 2.02. The minimum absolute atomic E-state index is 0.248. The summed E-state index contributed by atoms with van der Waals surface area (Å²) in [5.74, 6) is 0. The lowest BCUT2D eigenvalue weighted by Crippen LogP contribution is -2.36. The average molecular weight is 260 g/mol. The Morgan fingerprint density at radius 3 is 2.74 bits per heavy atom. The Hall–Kier alpha value is -2.06. The first-order chi connectivity index (χ1) is 9.19. The van der Waals surface area contributed by atoms with Crippen molar-refractivity contribution in [1.82, 2.24) is 10.2 Å². The van der Waals surface area contributed by atoms with Crippen molar-refractivity contribution in [2.75, 3.05) is 31.5 Å². The van der Waals surface area contributed by atoms with Gasteiger partial charge in [0.2, 0.25) is 0 Å².